The van der Waals surface area contributed by atoms with Crippen LogP contribution in [0.15, 0.2) is 18.3 Å². The van der Waals surface area contributed by atoms with E-state index in [1.807, 2.05) is 12.1 Å². The van der Waals surface area contributed by atoms with Crippen LogP contribution in [0, 0.1) is 0 Å². The largest absolute Gasteiger partial charge is 0.396 e. The number of carbonyl (C=O) groups excluding carboxylic acids is 1. The Hall–Kier alpha value is -1.66. The van der Waals surface area contributed by atoms with Crippen LogP contribution in [0.1, 0.15) is 74.6 Å². The molecule has 1 aliphatic rings. The zero-order valence-corrected chi connectivity index (χ0v) is 18.2. The molecule has 164 valence electrons. The second-order valence-corrected chi connectivity index (χ2v) is 8.21. The highest BCUT2D eigenvalue weighted by Crippen LogP contribution is 2.14. The number of amides is 1. The average Bonchev–Trinajstić information content (AvgIpc) is 2.75. The number of likely N-dealkylation sites (N-methyl/N-ethyl adjacent to an activating group) is 1. The Morgan fingerprint density at radius 1 is 0.931 bits per heavy atom. The first kappa shape index (κ1) is 23.6. The number of rotatable bonds is 14. The fourth-order valence-electron chi connectivity index (χ4n) is 3.70. The Morgan fingerprint density at radius 3 is 2.07 bits per heavy atom. The van der Waals surface area contributed by atoms with Gasteiger partial charge in [-0.05, 0) is 32.0 Å². The lowest BCUT2D eigenvalue weighted by atomic mass is 10.1. The Labute approximate surface area is 176 Å². The summed E-state index contributed by atoms with van der Waals surface area (Å²) in [6.07, 6.45) is 13.7. The van der Waals surface area contributed by atoms with E-state index in [-0.39, 0.29) is 5.91 Å². The summed E-state index contributed by atoms with van der Waals surface area (Å²) >= 11 is 0. The Morgan fingerprint density at radius 2 is 1.52 bits per heavy atom. The number of unbranched alkanes of at least 4 members (excludes halogenated alkanes) is 9. The van der Waals surface area contributed by atoms with E-state index in [4.69, 9.17) is 5.11 Å². The van der Waals surface area contributed by atoms with Gasteiger partial charge in [0.25, 0.3) is 5.91 Å². The lowest BCUT2D eigenvalue weighted by molar-refractivity contribution is 0.0952. The van der Waals surface area contributed by atoms with E-state index in [9.17, 15) is 4.79 Å². The molecule has 2 heterocycles. The summed E-state index contributed by atoms with van der Waals surface area (Å²) in [4.78, 5) is 21.4. The summed E-state index contributed by atoms with van der Waals surface area (Å²) in [6.45, 7) is 5.13. The molecule has 2 rings (SSSR count). The summed E-state index contributed by atoms with van der Waals surface area (Å²) in [5.74, 6) is 0.938. The van der Waals surface area contributed by atoms with Crippen LogP contribution in [0.3, 0.4) is 0 Å². The van der Waals surface area contributed by atoms with Gasteiger partial charge in [-0.2, -0.15) is 0 Å². The van der Waals surface area contributed by atoms with Crippen molar-refractivity contribution in [2.24, 2.45) is 0 Å². The first-order valence-electron chi connectivity index (χ1n) is 11.5. The Balaban J connectivity index is 1.50. The van der Waals surface area contributed by atoms with Crippen molar-refractivity contribution < 1.29 is 9.90 Å². The third-order valence-electron chi connectivity index (χ3n) is 5.71. The summed E-state index contributed by atoms with van der Waals surface area (Å²) in [7, 11) is 2.14. The fraction of sp³-hybridized carbons (Fsp3) is 0.739. The molecule has 2 N–H and O–H groups in total. The second kappa shape index (κ2) is 14.3. The monoisotopic (exact) mass is 404 g/mol. The molecule has 0 saturated carbocycles. The molecule has 6 heteroatoms. The van der Waals surface area contributed by atoms with Gasteiger partial charge < -0.3 is 20.2 Å². The van der Waals surface area contributed by atoms with Crippen molar-refractivity contribution >= 4 is 11.7 Å². The predicted octanol–water partition coefficient (Wildman–Crippen LogP) is 3.46. The average molecular weight is 405 g/mol. The lowest BCUT2D eigenvalue weighted by Crippen LogP contribution is -2.44. The number of anilines is 1. The van der Waals surface area contributed by atoms with E-state index in [1.165, 1.54) is 44.9 Å². The van der Waals surface area contributed by atoms with E-state index in [0.29, 0.717) is 12.2 Å². The molecule has 0 spiro atoms. The lowest BCUT2D eigenvalue weighted by Gasteiger charge is -2.33. The number of nitrogens with zero attached hydrogens (tertiary/aromatic N) is 3. The number of aliphatic hydroxyl groups excluding tert-OH is 1. The van der Waals surface area contributed by atoms with Gasteiger partial charge in [-0.1, -0.05) is 51.4 Å². The molecule has 0 aliphatic carbocycles. The molecule has 1 aromatic rings. The van der Waals surface area contributed by atoms with E-state index < -0.39 is 0 Å². The molecule has 1 saturated heterocycles. The molecule has 1 aromatic heterocycles. The summed E-state index contributed by atoms with van der Waals surface area (Å²) < 4.78 is 0. The van der Waals surface area contributed by atoms with Gasteiger partial charge >= 0.3 is 0 Å². The molecular formula is C23H40N4O2. The number of aliphatic hydroxyl groups is 1. The van der Waals surface area contributed by atoms with Gasteiger partial charge in [0.2, 0.25) is 0 Å². The molecule has 6 nitrogen and oxygen atoms in total. The minimum Gasteiger partial charge on any atom is -0.396 e. The maximum absolute atomic E-state index is 12.3. The van der Waals surface area contributed by atoms with E-state index in [2.05, 4.69) is 27.1 Å². The van der Waals surface area contributed by atoms with Crippen LogP contribution >= 0.6 is 0 Å². The highest BCUT2D eigenvalue weighted by molar-refractivity contribution is 5.94. The van der Waals surface area contributed by atoms with Crippen molar-refractivity contribution in [3.63, 3.8) is 0 Å². The zero-order chi connectivity index (χ0) is 20.7. The molecule has 0 radical (unpaired) electrons. The molecule has 29 heavy (non-hydrogen) atoms. The Kier molecular flexibility index (Phi) is 11.7. The number of nitrogens with one attached hydrogen (secondary N) is 1. The quantitative estimate of drug-likeness (QED) is 0.465. The number of aromatic nitrogens is 1. The normalized spacial score (nSPS) is 14.9. The van der Waals surface area contributed by atoms with Crippen molar-refractivity contribution in [1.29, 1.82) is 0 Å². The highest BCUT2D eigenvalue weighted by Gasteiger charge is 2.15. The van der Waals surface area contributed by atoms with Gasteiger partial charge in [0.05, 0.1) is 5.56 Å². The minimum absolute atomic E-state index is 0.0229. The van der Waals surface area contributed by atoms with E-state index >= 15 is 0 Å². The molecular weight excluding hydrogens is 364 g/mol. The van der Waals surface area contributed by atoms with Crippen molar-refractivity contribution in [1.82, 2.24) is 15.2 Å². The van der Waals surface area contributed by atoms with Gasteiger partial charge in [-0.25, -0.2) is 4.98 Å². The zero-order valence-electron chi connectivity index (χ0n) is 18.2. The first-order chi connectivity index (χ1) is 14.2. The number of hydrogen-bond donors (Lipinski definition) is 2. The molecule has 0 bridgehead atoms. The smallest absolute Gasteiger partial charge is 0.252 e. The molecule has 0 unspecified atom stereocenters. The van der Waals surface area contributed by atoms with Crippen molar-refractivity contribution in [3.05, 3.63) is 23.9 Å². The molecule has 0 atom stereocenters. The second-order valence-electron chi connectivity index (χ2n) is 8.21. The highest BCUT2D eigenvalue weighted by atomic mass is 16.2. The van der Waals surface area contributed by atoms with Crippen LogP contribution in [0.4, 0.5) is 5.82 Å². The predicted molar refractivity (Wildman–Crippen MR) is 120 cm³/mol. The van der Waals surface area contributed by atoms with Gasteiger partial charge in [0.1, 0.15) is 5.82 Å². The van der Waals surface area contributed by atoms with Crippen LogP contribution in [0.2, 0.25) is 0 Å². The van der Waals surface area contributed by atoms with E-state index in [0.717, 1.165) is 57.8 Å². The van der Waals surface area contributed by atoms with E-state index in [1.54, 1.807) is 6.20 Å². The topological polar surface area (TPSA) is 68.7 Å². The molecule has 0 aromatic carbocycles. The van der Waals surface area contributed by atoms with Crippen LogP contribution in [-0.4, -0.2) is 67.3 Å². The summed E-state index contributed by atoms with van der Waals surface area (Å²) in [5, 5.41) is 11.8. The molecule has 1 fully saturated rings. The fourth-order valence-corrected chi connectivity index (χ4v) is 3.70. The third kappa shape index (κ3) is 9.59. The number of piperazine rings is 1. The SMILES string of the molecule is CN1CCN(c2ccc(C(=O)NCCCCCCCCCCCCO)cn2)CC1. The number of carbonyl (C=O) groups is 1. The van der Waals surface area contributed by atoms with Gasteiger partial charge in [-0.15, -0.1) is 0 Å². The van der Waals surface area contributed by atoms with Crippen molar-refractivity contribution in [2.45, 2.75) is 64.2 Å². The third-order valence-corrected chi connectivity index (χ3v) is 5.71. The van der Waals surface area contributed by atoms with Crippen molar-refractivity contribution in [2.75, 3.05) is 51.3 Å². The number of hydrogen-bond acceptors (Lipinski definition) is 5. The van der Waals surface area contributed by atoms with Gasteiger partial charge in [0.15, 0.2) is 0 Å². The van der Waals surface area contributed by atoms with Crippen LogP contribution in [0.5, 0.6) is 0 Å². The van der Waals surface area contributed by atoms with Crippen LogP contribution in [-0.2, 0) is 0 Å². The van der Waals surface area contributed by atoms with Crippen molar-refractivity contribution in [3.8, 4) is 0 Å². The summed E-state index contributed by atoms with van der Waals surface area (Å²) in [5.41, 5.74) is 0.643. The van der Waals surface area contributed by atoms with Gasteiger partial charge in [-0.3, -0.25) is 4.79 Å². The maximum Gasteiger partial charge on any atom is 0.252 e. The Bertz CT molecular complexity index is 557. The van der Waals surface area contributed by atoms with Gasteiger partial charge in [0, 0.05) is 45.5 Å². The minimum atomic E-state index is -0.0229. The standard InChI is InChI=1S/C23H40N4O2/c1-26-15-17-27(18-16-26)22-13-12-21(20-25-22)23(29)24-14-10-8-6-4-2-3-5-7-9-11-19-28/h12-13,20,28H,2-11,14-19H2,1H3,(H,24,29). The molecule has 1 aliphatic heterocycles. The van der Waals surface area contributed by atoms with Crippen LogP contribution < -0.4 is 10.2 Å². The van der Waals surface area contributed by atoms with Crippen LogP contribution in [0.25, 0.3) is 0 Å². The number of pyridine rings is 1. The summed E-state index contributed by atoms with van der Waals surface area (Å²) in [6, 6.07) is 3.85. The first-order valence-corrected chi connectivity index (χ1v) is 11.5. The maximum atomic E-state index is 12.3. The molecule has 1 amide bonds.